The highest BCUT2D eigenvalue weighted by Gasteiger charge is 2.31. The van der Waals surface area contributed by atoms with Gasteiger partial charge >= 0.3 is 0 Å². The molecule has 2 rings (SSSR count). The van der Waals surface area contributed by atoms with Gasteiger partial charge in [-0.3, -0.25) is 4.98 Å². The van der Waals surface area contributed by atoms with E-state index in [2.05, 4.69) is 15.3 Å². The Morgan fingerprint density at radius 2 is 2.21 bits per heavy atom. The molecule has 1 N–H and O–H groups in total. The molecular formula is C12H19N3O3S. The standard InChI is InChI=1S/C12H19N3O3S/c1-13-10(7-9-3-6-19(16,17)8-9)11-12(18-2)15-5-4-14-11/h4-5,9-10,13H,3,6-8H2,1-2H3. The molecule has 6 nitrogen and oxygen atoms in total. The van der Waals surface area contributed by atoms with E-state index in [4.69, 9.17) is 4.74 Å². The minimum atomic E-state index is -2.84. The lowest BCUT2D eigenvalue weighted by Gasteiger charge is -2.20. The molecule has 0 bridgehead atoms. The molecule has 2 heterocycles. The fraction of sp³-hybridized carbons (Fsp3) is 0.667. The van der Waals surface area contributed by atoms with Crippen LogP contribution in [0.25, 0.3) is 0 Å². The van der Waals surface area contributed by atoms with Crippen molar-refractivity contribution in [1.82, 2.24) is 15.3 Å². The van der Waals surface area contributed by atoms with Crippen molar-refractivity contribution in [2.75, 3.05) is 25.7 Å². The number of sulfone groups is 1. The normalized spacial score (nSPS) is 23.2. The molecule has 0 amide bonds. The molecule has 1 aliphatic heterocycles. The van der Waals surface area contributed by atoms with Crippen molar-refractivity contribution < 1.29 is 13.2 Å². The second-order valence-corrected chi connectivity index (χ2v) is 7.03. The van der Waals surface area contributed by atoms with Gasteiger partial charge in [0, 0.05) is 12.4 Å². The maximum absolute atomic E-state index is 11.5. The minimum Gasteiger partial charge on any atom is -0.480 e. The second kappa shape index (κ2) is 5.83. The van der Waals surface area contributed by atoms with Crippen LogP contribution in [0.3, 0.4) is 0 Å². The van der Waals surface area contributed by atoms with E-state index in [0.717, 1.165) is 18.5 Å². The first kappa shape index (κ1) is 14.2. The molecular weight excluding hydrogens is 266 g/mol. The molecule has 2 unspecified atom stereocenters. The molecule has 0 saturated carbocycles. The van der Waals surface area contributed by atoms with Crippen LogP contribution in [0, 0.1) is 5.92 Å². The number of hydrogen-bond donors (Lipinski definition) is 1. The second-order valence-electron chi connectivity index (χ2n) is 4.80. The van der Waals surface area contributed by atoms with Gasteiger partial charge in [0.2, 0.25) is 5.88 Å². The first-order valence-corrected chi connectivity index (χ1v) is 8.10. The number of nitrogens with one attached hydrogen (secondary N) is 1. The monoisotopic (exact) mass is 285 g/mol. The van der Waals surface area contributed by atoms with Crippen LogP contribution in [0.15, 0.2) is 12.4 Å². The van der Waals surface area contributed by atoms with E-state index in [1.54, 1.807) is 19.5 Å². The zero-order chi connectivity index (χ0) is 13.9. The SMILES string of the molecule is CNC(CC1CCS(=O)(=O)C1)c1nccnc1OC. The molecule has 0 aliphatic carbocycles. The van der Waals surface area contributed by atoms with E-state index >= 15 is 0 Å². The quantitative estimate of drug-likeness (QED) is 0.852. The molecule has 0 aromatic carbocycles. The highest BCUT2D eigenvalue weighted by atomic mass is 32.2. The third-order valence-electron chi connectivity index (χ3n) is 3.46. The van der Waals surface area contributed by atoms with E-state index in [1.165, 1.54) is 0 Å². The third-order valence-corrected chi connectivity index (χ3v) is 5.30. The van der Waals surface area contributed by atoms with Crippen LogP contribution in [0.4, 0.5) is 0 Å². The van der Waals surface area contributed by atoms with E-state index < -0.39 is 9.84 Å². The van der Waals surface area contributed by atoms with E-state index in [1.807, 2.05) is 7.05 Å². The summed E-state index contributed by atoms with van der Waals surface area (Å²) >= 11 is 0. The Kier molecular flexibility index (Phi) is 4.36. The number of aromatic nitrogens is 2. The highest BCUT2D eigenvalue weighted by molar-refractivity contribution is 7.91. The summed E-state index contributed by atoms with van der Waals surface area (Å²) in [4.78, 5) is 8.43. The van der Waals surface area contributed by atoms with Gasteiger partial charge in [-0.2, -0.15) is 0 Å². The zero-order valence-corrected chi connectivity index (χ0v) is 12.0. The third kappa shape index (κ3) is 3.42. The van der Waals surface area contributed by atoms with Crippen LogP contribution in [0.1, 0.15) is 24.6 Å². The molecule has 106 valence electrons. The largest absolute Gasteiger partial charge is 0.480 e. The lowest BCUT2D eigenvalue weighted by molar-refractivity contribution is 0.365. The Morgan fingerprint density at radius 3 is 2.79 bits per heavy atom. The van der Waals surface area contributed by atoms with Crippen molar-refractivity contribution in [2.24, 2.45) is 5.92 Å². The molecule has 19 heavy (non-hydrogen) atoms. The zero-order valence-electron chi connectivity index (χ0n) is 11.2. The van der Waals surface area contributed by atoms with Crippen molar-refractivity contribution >= 4 is 9.84 Å². The molecule has 2 atom stereocenters. The maximum atomic E-state index is 11.5. The first-order valence-electron chi connectivity index (χ1n) is 6.28. The lowest BCUT2D eigenvalue weighted by Crippen LogP contribution is -2.22. The summed E-state index contributed by atoms with van der Waals surface area (Å²) in [6.07, 6.45) is 4.65. The smallest absolute Gasteiger partial charge is 0.236 e. The van der Waals surface area contributed by atoms with Gasteiger partial charge in [-0.25, -0.2) is 13.4 Å². The topological polar surface area (TPSA) is 81.2 Å². The highest BCUT2D eigenvalue weighted by Crippen LogP contribution is 2.30. The summed E-state index contributed by atoms with van der Waals surface area (Å²) in [6.45, 7) is 0. The number of rotatable bonds is 5. The number of ether oxygens (including phenoxy) is 1. The molecule has 1 saturated heterocycles. The van der Waals surface area contributed by atoms with E-state index in [9.17, 15) is 8.42 Å². The fourth-order valence-corrected chi connectivity index (χ4v) is 4.37. The van der Waals surface area contributed by atoms with Crippen molar-refractivity contribution in [3.8, 4) is 5.88 Å². The Bertz CT molecular complexity index is 533. The first-order chi connectivity index (χ1) is 9.05. The Balaban J connectivity index is 2.12. The van der Waals surface area contributed by atoms with Gasteiger partial charge in [-0.05, 0) is 25.8 Å². The predicted molar refractivity (Wildman–Crippen MR) is 71.8 cm³/mol. The van der Waals surface area contributed by atoms with Gasteiger partial charge in [0.25, 0.3) is 0 Å². The van der Waals surface area contributed by atoms with Crippen LogP contribution in [-0.4, -0.2) is 44.0 Å². The lowest BCUT2D eigenvalue weighted by atomic mass is 9.97. The van der Waals surface area contributed by atoms with E-state index in [0.29, 0.717) is 11.6 Å². The molecule has 0 spiro atoms. The van der Waals surface area contributed by atoms with Crippen LogP contribution in [-0.2, 0) is 9.84 Å². The number of nitrogens with zero attached hydrogens (tertiary/aromatic N) is 2. The molecule has 0 radical (unpaired) electrons. The summed E-state index contributed by atoms with van der Waals surface area (Å²) in [6, 6.07) is -0.0399. The molecule has 1 aromatic rings. The number of methoxy groups -OCH3 is 1. The number of hydrogen-bond acceptors (Lipinski definition) is 6. The van der Waals surface area contributed by atoms with Crippen LogP contribution in [0.2, 0.25) is 0 Å². The summed E-state index contributed by atoms with van der Waals surface area (Å²) in [5.41, 5.74) is 0.733. The van der Waals surface area contributed by atoms with Gasteiger partial charge in [-0.15, -0.1) is 0 Å². The van der Waals surface area contributed by atoms with Crippen LogP contribution in [0.5, 0.6) is 5.88 Å². The Hall–Kier alpha value is -1.21. The van der Waals surface area contributed by atoms with Crippen LogP contribution < -0.4 is 10.1 Å². The molecule has 1 aromatic heterocycles. The van der Waals surface area contributed by atoms with Gasteiger partial charge in [-0.1, -0.05) is 0 Å². The maximum Gasteiger partial charge on any atom is 0.236 e. The molecule has 1 fully saturated rings. The summed E-state index contributed by atoms with van der Waals surface area (Å²) < 4.78 is 28.2. The van der Waals surface area contributed by atoms with Gasteiger partial charge in [0.1, 0.15) is 5.69 Å². The van der Waals surface area contributed by atoms with Gasteiger partial charge < -0.3 is 10.1 Å². The molecule has 1 aliphatic rings. The van der Waals surface area contributed by atoms with Crippen molar-refractivity contribution in [3.63, 3.8) is 0 Å². The average Bonchev–Trinajstić information content (AvgIpc) is 2.75. The van der Waals surface area contributed by atoms with E-state index in [-0.39, 0.29) is 17.7 Å². The predicted octanol–water partition coefficient (Wildman–Crippen LogP) is 0.570. The van der Waals surface area contributed by atoms with Crippen molar-refractivity contribution in [3.05, 3.63) is 18.1 Å². The average molecular weight is 285 g/mol. The summed E-state index contributed by atoms with van der Waals surface area (Å²) in [7, 11) is 0.549. The fourth-order valence-electron chi connectivity index (χ4n) is 2.49. The Labute approximate surface area is 113 Å². The van der Waals surface area contributed by atoms with Crippen molar-refractivity contribution in [1.29, 1.82) is 0 Å². The minimum absolute atomic E-state index is 0.0399. The van der Waals surface area contributed by atoms with Gasteiger partial charge in [0.05, 0.1) is 24.7 Å². The molecule has 7 heteroatoms. The summed E-state index contributed by atoms with van der Waals surface area (Å²) in [5.74, 6) is 1.23. The summed E-state index contributed by atoms with van der Waals surface area (Å²) in [5, 5.41) is 3.17. The Morgan fingerprint density at radius 1 is 1.47 bits per heavy atom. The van der Waals surface area contributed by atoms with Crippen molar-refractivity contribution in [2.45, 2.75) is 18.9 Å². The van der Waals surface area contributed by atoms with Crippen LogP contribution >= 0.6 is 0 Å². The van der Waals surface area contributed by atoms with Gasteiger partial charge in [0.15, 0.2) is 9.84 Å².